The first-order valence-electron chi connectivity index (χ1n) is 15.4. The summed E-state index contributed by atoms with van der Waals surface area (Å²) in [7, 11) is 1.50. The number of anilines is 1. The van der Waals surface area contributed by atoms with Crippen molar-refractivity contribution in [2.45, 2.75) is 71.6 Å². The van der Waals surface area contributed by atoms with Crippen LogP contribution in [0.3, 0.4) is 0 Å². The number of piperidine rings is 1. The van der Waals surface area contributed by atoms with E-state index in [0.717, 1.165) is 11.8 Å². The van der Waals surface area contributed by atoms with Crippen molar-refractivity contribution in [3.63, 3.8) is 0 Å². The number of methoxy groups -OCH3 is 1. The predicted molar refractivity (Wildman–Crippen MR) is 178 cm³/mol. The normalized spacial score (nSPS) is 14.9. The average Bonchev–Trinajstić information content (AvgIpc) is 3.01. The van der Waals surface area contributed by atoms with Gasteiger partial charge in [-0.25, -0.2) is 19.6 Å². The number of aromatic nitrogens is 2. The van der Waals surface area contributed by atoms with Crippen LogP contribution >= 0.6 is 0 Å². The van der Waals surface area contributed by atoms with Gasteiger partial charge in [0.1, 0.15) is 17.0 Å². The quantitative estimate of drug-likeness (QED) is 0.295. The molecule has 0 bridgehead atoms. The fourth-order valence-electron chi connectivity index (χ4n) is 5.13. The van der Waals surface area contributed by atoms with Crippen molar-refractivity contribution in [3.05, 3.63) is 60.6 Å². The van der Waals surface area contributed by atoms with Gasteiger partial charge in [-0.15, -0.1) is 0 Å². The Labute approximate surface area is 275 Å². The van der Waals surface area contributed by atoms with Crippen molar-refractivity contribution in [1.82, 2.24) is 20.2 Å². The predicted octanol–water partition coefficient (Wildman–Crippen LogP) is 6.26. The summed E-state index contributed by atoms with van der Waals surface area (Å²) in [6, 6.07) is 12.6. The Kier molecular flexibility index (Phi) is 10.4. The van der Waals surface area contributed by atoms with Crippen LogP contribution in [0.25, 0.3) is 22.0 Å². The molecule has 0 radical (unpaired) electrons. The molecule has 1 aromatic heterocycles. The highest BCUT2D eigenvalue weighted by Gasteiger charge is 2.30. The van der Waals surface area contributed by atoms with Crippen molar-refractivity contribution < 1.29 is 28.6 Å². The molecule has 1 N–H and O–H groups in total. The molecule has 0 spiro atoms. The van der Waals surface area contributed by atoms with Crippen molar-refractivity contribution >= 4 is 34.6 Å². The summed E-state index contributed by atoms with van der Waals surface area (Å²) in [4.78, 5) is 51.1. The summed E-state index contributed by atoms with van der Waals surface area (Å²) >= 11 is 0. The Hall–Kier alpha value is -5.18. The smallest absolute Gasteiger partial charge is 0.415 e. The first kappa shape index (κ1) is 34.7. The van der Waals surface area contributed by atoms with E-state index in [2.05, 4.69) is 21.9 Å². The fourth-order valence-corrected chi connectivity index (χ4v) is 5.13. The number of hydrogen-bond donors (Lipinski definition) is 1. The number of fused-ring (bicyclic) bond motifs is 1. The van der Waals surface area contributed by atoms with Crippen molar-refractivity contribution in [1.29, 1.82) is 5.26 Å². The highest BCUT2D eigenvalue weighted by atomic mass is 16.6. The molecule has 2 heterocycles. The van der Waals surface area contributed by atoms with Crippen LogP contribution in [0.15, 0.2) is 54.7 Å². The maximum atomic E-state index is 13.5. The molecule has 0 aliphatic carbocycles. The number of rotatable bonds is 7. The Bertz CT molecular complexity index is 1720. The van der Waals surface area contributed by atoms with Crippen LogP contribution in [0.1, 0.15) is 65.0 Å². The van der Waals surface area contributed by atoms with Gasteiger partial charge in [-0.2, -0.15) is 5.26 Å². The van der Waals surface area contributed by atoms with E-state index in [-0.39, 0.29) is 24.0 Å². The lowest BCUT2D eigenvalue weighted by Crippen LogP contribution is -2.50. The standard InChI is InChI=1S/C35H42N6O6/c1-22(19-36)20-41(33(44)47-35(5,6)7)29-26-18-24(12-11-23(26)13-14-28(29)45-8)27-15-16-37-30(39-27)31(42)38-25-10-9-17-40(21-25)32(43)46-34(2,3)4/h11-16,18,25H,1,9-10,17,20-21H2,2-8H3,(H,38,42)/t25-/m1/s1. The van der Waals surface area contributed by atoms with E-state index in [4.69, 9.17) is 14.2 Å². The van der Waals surface area contributed by atoms with Gasteiger partial charge in [-0.05, 0) is 78.0 Å². The van der Waals surface area contributed by atoms with Gasteiger partial charge in [-0.3, -0.25) is 9.69 Å². The highest BCUT2D eigenvalue weighted by Crippen LogP contribution is 2.39. The lowest BCUT2D eigenvalue weighted by Gasteiger charge is -2.34. The molecule has 0 saturated carbocycles. The second-order valence-corrected chi connectivity index (χ2v) is 13.3. The van der Waals surface area contributed by atoms with Gasteiger partial charge in [0.2, 0.25) is 5.82 Å². The zero-order valence-corrected chi connectivity index (χ0v) is 28.0. The molecule has 47 heavy (non-hydrogen) atoms. The second kappa shape index (κ2) is 14.1. The number of likely N-dealkylation sites (tertiary alicyclic amines) is 1. The molecule has 1 aliphatic rings. The molecule has 3 amide bonds. The van der Waals surface area contributed by atoms with E-state index in [0.29, 0.717) is 47.6 Å². The van der Waals surface area contributed by atoms with Crippen LogP contribution in [0.2, 0.25) is 0 Å². The summed E-state index contributed by atoms with van der Waals surface area (Å²) in [5.74, 6) is -0.0948. The largest absolute Gasteiger partial charge is 0.495 e. The molecule has 3 aromatic rings. The molecule has 1 saturated heterocycles. The minimum atomic E-state index is -0.796. The zero-order valence-electron chi connectivity index (χ0n) is 28.0. The molecule has 1 fully saturated rings. The van der Waals surface area contributed by atoms with E-state index in [1.54, 1.807) is 37.8 Å². The van der Waals surface area contributed by atoms with Crippen molar-refractivity contribution in [3.8, 4) is 23.1 Å². The Balaban J connectivity index is 1.66. The molecular formula is C35H42N6O6. The first-order chi connectivity index (χ1) is 22.1. The van der Waals surface area contributed by atoms with Crippen LogP contribution in [-0.2, 0) is 9.47 Å². The summed E-state index contributed by atoms with van der Waals surface area (Å²) in [5, 5.41) is 13.9. The zero-order chi connectivity index (χ0) is 34.5. The van der Waals surface area contributed by atoms with E-state index in [9.17, 15) is 19.6 Å². The van der Waals surface area contributed by atoms with Crippen LogP contribution in [0.4, 0.5) is 15.3 Å². The molecule has 4 rings (SSSR count). The molecule has 0 unspecified atom stereocenters. The molecule has 2 aromatic carbocycles. The average molecular weight is 643 g/mol. The van der Waals surface area contributed by atoms with Gasteiger partial charge >= 0.3 is 12.2 Å². The van der Waals surface area contributed by atoms with Gasteiger partial charge in [0.05, 0.1) is 31.1 Å². The van der Waals surface area contributed by atoms with Gasteiger partial charge in [-0.1, -0.05) is 24.8 Å². The summed E-state index contributed by atoms with van der Waals surface area (Å²) < 4.78 is 16.9. The molecular weight excluding hydrogens is 600 g/mol. The summed E-state index contributed by atoms with van der Waals surface area (Å²) in [6.07, 6.45) is 1.84. The van der Waals surface area contributed by atoms with E-state index < -0.39 is 29.3 Å². The summed E-state index contributed by atoms with van der Waals surface area (Å²) in [5.41, 5.74) is 0.275. The number of nitrogens with zero attached hydrogens (tertiary/aromatic N) is 5. The van der Waals surface area contributed by atoms with Gasteiger partial charge in [0.25, 0.3) is 5.91 Å². The molecule has 1 atom stereocenters. The van der Waals surface area contributed by atoms with Gasteiger partial charge in [0, 0.05) is 41.9 Å². The van der Waals surface area contributed by atoms with Crippen LogP contribution in [0, 0.1) is 11.3 Å². The Morgan fingerprint density at radius 2 is 1.79 bits per heavy atom. The number of benzene rings is 2. The highest BCUT2D eigenvalue weighted by molar-refractivity contribution is 6.06. The monoisotopic (exact) mass is 642 g/mol. The number of carbonyl (C=O) groups is 3. The number of ether oxygens (including phenoxy) is 3. The van der Waals surface area contributed by atoms with E-state index in [1.807, 2.05) is 51.1 Å². The number of nitriles is 1. The van der Waals surface area contributed by atoms with Gasteiger partial charge < -0.3 is 24.4 Å². The van der Waals surface area contributed by atoms with Crippen LogP contribution < -0.4 is 15.0 Å². The third kappa shape index (κ3) is 8.97. The second-order valence-electron chi connectivity index (χ2n) is 13.3. The third-order valence-electron chi connectivity index (χ3n) is 7.13. The number of hydrogen-bond acceptors (Lipinski definition) is 9. The number of nitrogens with one attached hydrogen (secondary N) is 1. The first-order valence-corrected chi connectivity index (χ1v) is 15.4. The lowest BCUT2D eigenvalue weighted by molar-refractivity contribution is 0.0185. The maximum absolute atomic E-state index is 13.5. The van der Waals surface area contributed by atoms with Crippen LogP contribution in [-0.4, -0.2) is 76.9 Å². The van der Waals surface area contributed by atoms with Gasteiger partial charge in [0.15, 0.2) is 0 Å². The molecule has 248 valence electrons. The Morgan fingerprint density at radius 1 is 1.09 bits per heavy atom. The number of amides is 3. The third-order valence-corrected chi connectivity index (χ3v) is 7.13. The minimum absolute atomic E-state index is 0.0245. The van der Waals surface area contributed by atoms with E-state index >= 15 is 0 Å². The molecule has 1 aliphatic heterocycles. The molecule has 12 heteroatoms. The van der Waals surface area contributed by atoms with Crippen molar-refractivity contribution in [2.75, 3.05) is 31.6 Å². The number of carbonyl (C=O) groups excluding carboxylic acids is 3. The molecule has 12 nitrogen and oxygen atoms in total. The maximum Gasteiger partial charge on any atom is 0.415 e. The topological polar surface area (TPSA) is 147 Å². The fraction of sp³-hybridized carbons (Fsp3) is 0.429. The Morgan fingerprint density at radius 3 is 2.45 bits per heavy atom. The lowest BCUT2D eigenvalue weighted by atomic mass is 10.0. The minimum Gasteiger partial charge on any atom is -0.495 e. The summed E-state index contributed by atoms with van der Waals surface area (Å²) in [6.45, 7) is 15.3. The van der Waals surface area contributed by atoms with Crippen LogP contribution in [0.5, 0.6) is 5.75 Å². The SMILES string of the molecule is C=C(C#N)CN(C(=O)OC(C)(C)C)c1c(OC)ccc2ccc(-c3ccnc(C(=O)N[C@@H]4CCCN(C(=O)OC(C)(C)C)C4)n3)cc12. The van der Waals surface area contributed by atoms with Crippen molar-refractivity contribution in [2.24, 2.45) is 0 Å². The van der Waals surface area contributed by atoms with E-state index in [1.165, 1.54) is 18.2 Å².